The van der Waals surface area contributed by atoms with E-state index in [0.717, 1.165) is 64.2 Å². The number of nitrogens with zero attached hydrogens (tertiary/aromatic N) is 2. The first-order valence-electron chi connectivity index (χ1n) is 15.5. The van der Waals surface area contributed by atoms with Gasteiger partial charge in [-0.1, -0.05) is 40.5 Å². The minimum atomic E-state index is -0.457. The molecule has 0 radical (unpaired) electrons. The van der Waals surface area contributed by atoms with Gasteiger partial charge >= 0.3 is 6.03 Å². The van der Waals surface area contributed by atoms with E-state index >= 15 is 0 Å². The first kappa shape index (κ1) is 33.0. The van der Waals surface area contributed by atoms with Crippen molar-refractivity contribution in [1.82, 2.24) is 25.8 Å². The zero-order chi connectivity index (χ0) is 29.3. The second-order valence-electron chi connectivity index (χ2n) is 13.3. The van der Waals surface area contributed by atoms with Gasteiger partial charge < -0.3 is 25.6 Å². The summed E-state index contributed by atoms with van der Waals surface area (Å²) in [6.45, 7) is 18.4. The fourth-order valence-corrected chi connectivity index (χ4v) is 7.30. The first-order chi connectivity index (χ1) is 18.9. The summed E-state index contributed by atoms with van der Waals surface area (Å²) in [7, 11) is 0. The quantitative estimate of drug-likeness (QED) is 0.190. The molecule has 3 N–H and O–H groups in total. The molecule has 0 aliphatic carbocycles. The van der Waals surface area contributed by atoms with Crippen LogP contribution in [-0.2, 0) is 14.3 Å². The summed E-state index contributed by atoms with van der Waals surface area (Å²) in [6.07, 6.45) is 5.99. The SMILES string of the molecule is CCC(C)CN1CCN(C(=O)C(C)(C)CCOC(C)(C)CCNC(=O)CCCC[C@@H]2SCC3NC(=O)NC32)CC1. The molecule has 3 rings (SSSR count). The number of carbonyl (C=O) groups is 3. The molecule has 4 amide bonds. The largest absolute Gasteiger partial charge is 0.375 e. The Morgan fingerprint density at radius 2 is 1.82 bits per heavy atom. The van der Waals surface area contributed by atoms with Gasteiger partial charge in [0.15, 0.2) is 0 Å². The molecule has 3 heterocycles. The molecule has 0 aromatic heterocycles. The van der Waals surface area contributed by atoms with Gasteiger partial charge in [-0.05, 0) is 45.4 Å². The molecule has 3 saturated heterocycles. The highest BCUT2D eigenvalue weighted by Gasteiger charge is 2.42. The van der Waals surface area contributed by atoms with E-state index in [4.69, 9.17) is 4.74 Å². The number of nitrogens with one attached hydrogen (secondary N) is 3. The number of unbranched alkanes of at least 4 members (excludes halogenated alkanes) is 1. The highest BCUT2D eigenvalue weighted by Crippen LogP contribution is 2.33. The van der Waals surface area contributed by atoms with Crippen LogP contribution in [0.1, 0.15) is 86.5 Å². The molecule has 0 aromatic rings. The predicted molar refractivity (Wildman–Crippen MR) is 162 cm³/mol. The van der Waals surface area contributed by atoms with E-state index in [1.165, 1.54) is 6.42 Å². The Morgan fingerprint density at radius 3 is 2.52 bits per heavy atom. The van der Waals surface area contributed by atoms with E-state index in [1.807, 2.05) is 44.4 Å². The lowest BCUT2D eigenvalue weighted by molar-refractivity contribution is -0.144. The van der Waals surface area contributed by atoms with Gasteiger partial charge in [0.1, 0.15) is 0 Å². The molecule has 3 fully saturated rings. The molecule has 3 aliphatic heterocycles. The van der Waals surface area contributed by atoms with E-state index in [9.17, 15) is 14.4 Å². The average Bonchev–Trinajstić information content (AvgIpc) is 3.45. The van der Waals surface area contributed by atoms with Crippen LogP contribution in [0.15, 0.2) is 0 Å². The number of rotatable bonds is 16. The third-order valence-electron chi connectivity index (χ3n) is 8.85. The molecule has 3 aliphatic rings. The van der Waals surface area contributed by atoms with Crippen LogP contribution in [0.4, 0.5) is 4.79 Å². The smallest absolute Gasteiger partial charge is 0.315 e. The lowest BCUT2D eigenvalue weighted by atomic mass is 9.87. The first-order valence-corrected chi connectivity index (χ1v) is 16.6. The minimum absolute atomic E-state index is 0.0507. The van der Waals surface area contributed by atoms with Crippen LogP contribution in [0.3, 0.4) is 0 Å². The summed E-state index contributed by atoms with van der Waals surface area (Å²) in [5.41, 5.74) is -0.828. The van der Waals surface area contributed by atoms with Gasteiger partial charge in [-0.2, -0.15) is 11.8 Å². The van der Waals surface area contributed by atoms with Crippen LogP contribution in [-0.4, -0.2) is 102 Å². The number of carbonyl (C=O) groups excluding carboxylic acids is 3. The van der Waals surface area contributed by atoms with Crippen molar-refractivity contribution < 1.29 is 19.1 Å². The van der Waals surface area contributed by atoms with Gasteiger partial charge in [0.25, 0.3) is 0 Å². The summed E-state index contributed by atoms with van der Waals surface area (Å²) in [6, 6.07) is 0.431. The minimum Gasteiger partial charge on any atom is -0.375 e. The number of hydrogen-bond acceptors (Lipinski definition) is 6. The molecule has 4 atom stereocenters. The molecular weight excluding hydrogens is 526 g/mol. The van der Waals surface area contributed by atoms with Crippen molar-refractivity contribution in [2.75, 3.05) is 51.6 Å². The molecule has 0 aromatic carbocycles. The van der Waals surface area contributed by atoms with Crippen molar-refractivity contribution in [1.29, 1.82) is 0 Å². The van der Waals surface area contributed by atoms with E-state index in [1.54, 1.807) is 0 Å². The zero-order valence-electron chi connectivity index (χ0n) is 25.9. The number of piperazine rings is 1. The normalized spacial score (nSPS) is 24.4. The number of amides is 4. The zero-order valence-corrected chi connectivity index (χ0v) is 26.7. The van der Waals surface area contributed by atoms with Crippen LogP contribution in [0.5, 0.6) is 0 Å². The molecule has 0 bridgehead atoms. The molecule has 3 unspecified atom stereocenters. The Morgan fingerprint density at radius 1 is 1.10 bits per heavy atom. The second kappa shape index (κ2) is 15.1. The number of thioether (sulfide) groups is 1. The van der Waals surface area contributed by atoms with Gasteiger partial charge in [0, 0.05) is 68.7 Å². The standard InChI is InChI=1S/C30H55N5O4S/c1-7-22(2)20-34-15-17-35(18-16-34)27(37)29(3,4)13-19-39-30(5,6)12-14-31-25(36)11-9-8-10-24-26-23(21-40-24)32-28(38)33-26/h22-24,26H,7-21H2,1-6H3,(H,31,36)(H2,32,33,38)/t22?,23?,24-,26?/m0/s1. The number of hydrogen-bond donors (Lipinski definition) is 3. The number of fused-ring (bicyclic) bond motifs is 1. The van der Waals surface area contributed by atoms with Gasteiger partial charge in [0.05, 0.1) is 17.7 Å². The van der Waals surface area contributed by atoms with Crippen LogP contribution in [0.25, 0.3) is 0 Å². The third-order valence-corrected chi connectivity index (χ3v) is 10.4. The highest BCUT2D eigenvalue weighted by molar-refractivity contribution is 8.00. The van der Waals surface area contributed by atoms with E-state index in [-0.39, 0.29) is 35.5 Å². The molecule has 40 heavy (non-hydrogen) atoms. The molecular formula is C30H55N5O4S. The Hall–Kier alpha value is -1.52. The summed E-state index contributed by atoms with van der Waals surface area (Å²) in [5.74, 6) is 1.97. The lowest BCUT2D eigenvalue weighted by Gasteiger charge is -2.39. The van der Waals surface area contributed by atoms with Crippen molar-refractivity contribution >= 4 is 29.6 Å². The second-order valence-corrected chi connectivity index (χ2v) is 14.6. The lowest BCUT2D eigenvalue weighted by Crippen LogP contribution is -2.52. The Bertz CT molecular complexity index is 846. The third kappa shape index (κ3) is 10.1. The monoisotopic (exact) mass is 581 g/mol. The van der Waals surface area contributed by atoms with E-state index in [0.29, 0.717) is 37.2 Å². The molecule has 9 nitrogen and oxygen atoms in total. The fourth-order valence-electron chi connectivity index (χ4n) is 5.76. The van der Waals surface area contributed by atoms with Crippen molar-refractivity contribution in [3.05, 3.63) is 0 Å². The van der Waals surface area contributed by atoms with E-state index in [2.05, 4.69) is 34.7 Å². The van der Waals surface area contributed by atoms with Gasteiger partial charge in [0.2, 0.25) is 11.8 Å². The molecule has 0 spiro atoms. The summed E-state index contributed by atoms with van der Waals surface area (Å²) in [4.78, 5) is 41.6. The number of urea groups is 1. The fraction of sp³-hybridized carbons (Fsp3) is 0.900. The summed E-state index contributed by atoms with van der Waals surface area (Å²) < 4.78 is 6.19. The maximum Gasteiger partial charge on any atom is 0.315 e. The Kier molecular flexibility index (Phi) is 12.4. The van der Waals surface area contributed by atoms with Crippen LogP contribution >= 0.6 is 11.8 Å². The van der Waals surface area contributed by atoms with Gasteiger partial charge in [-0.25, -0.2) is 4.79 Å². The summed E-state index contributed by atoms with van der Waals surface area (Å²) >= 11 is 1.92. The highest BCUT2D eigenvalue weighted by atomic mass is 32.2. The number of ether oxygens (including phenoxy) is 1. The Balaban J connectivity index is 1.25. The van der Waals surface area contributed by atoms with Crippen molar-refractivity contribution in [3.8, 4) is 0 Å². The summed E-state index contributed by atoms with van der Waals surface area (Å²) in [5, 5.41) is 9.48. The Labute approximate surface area is 246 Å². The molecule has 0 saturated carbocycles. The van der Waals surface area contributed by atoms with Crippen LogP contribution < -0.4 is 16.0 Å². The van der Waals surface area contributed by atoms with Crippen LogP contribution in [0, 0.1) is 11.3 Å². The van der Waals surface area contributed by atoms with Crippen LogP contribution in [0.2, 0.25) is 0 Å². The maximum absolute atomic E-state index is 13.2. The van der Waals surface area contributed by atoms with Crippen molar-refractivity contribution in [3.63, 3.8) is 0 Å². The predicted octanol–water partition coefficient (Wildman–Crippen LogP) is 3.62. The van der Waals surface area contributed by atoms with Gasteiger partial charge in [-0.15, -0.1) is 0 Å². The maximum atomic E-state index is 13.2. The van der Waals surface area contributed by atoms with Crippen molar-refractivity contribution in [2.45, 2.75) is 109 Å². The van der Waals surface area contributed by atoms with Crippen molar-refractivity contribution in [2.24, 2.45) is 11.3 Å². The topological polar surface area (TPSA) is 103 Å². The van der Waals surface area contributed by atoms with Gasteiger partial charge in [-0.3, -0.25) is 14.5 Å². The molecule has 230 valence electrons. The average molecular weight is 582 g/mol. The van der Waals surface area contributed by atoms with E-state index < -0.39 is 5.41 Å². The molecule has 10 heteroatoms.